The molecule has 1 rings (SSSR count). The number of carbonyl (C=O) groups excluding carboxylic acids is 1. The maximum absolute atomic E-state index is 13.9. The Kier molecular flexibility index (Phi) is 4.67. The van der Waals surface area contributed by atoms with E-state index >= 15 is 0 Å². The number of benzene rings is 1. The molecule has 0 unspecified atom stereocenters. The minimum atomic E-state index is -0.619. The lowest BCUT2D eigenvalue weighted by Gasteiger charge is -2.24. The Morgan fingerprint density at radius 2 is 2.00 bits per heavy atom. The second-order valence-electron chi connectivity index (χ2n) is 4.65. The summed E-state index contributed by atoms with van der Waals surface area (Å²) in [6, 6.07) is 4.19. The van der Waals surface area contributed by atoms with Gasteiger partial charge in [-0.05, 0) is 39.0 Å². The van der Waals surface area contributed by atoms with Crippen LogP contribution in [0.3, 0.4) is 0 Å². The maximum Gasteiger partial charge on any atom is 0.241 e. The van der Waals surface area contributed by atoms with Crippen molar-refractivity contribution >= 4 is 17.3 Å². The molecule has 3 N–H and O–H groups in total. The largest absolute Gasteiger partial charge is 0.370 e. The minimum absolute atomic E-state index is 0.198. The van der Waals surface area contributed by atoms with Crippen LogP contribution < -0.4 is 16.0 Å². The standard InChI is InChI=1S/C13H20FN3O/c1-8(2)17(4)12-6-5-10(7-11(12)14)16-13(18)9(3)15/h5-9H,15H2,1-4H3,(H,16,18)/t9-/m0/s1. The van der Waals surface area contributed by atoms with Crippen molar-refractivity contribution in [1.29, 1.82) is 0 Å². The number of rotatable bonds is 4. The van der Waals surface area contributed by atoms with Crippen LogP contribution in [0.5, 0.6) is 0 Å². The highest BCUT2D eigenvalue weighted by molar-refractivity contribution is 5.94. The third kappa shape index (κ3) is 3.43. The summed E-state index contributed by atoms with van der Waals surface area (Å²) in [7, 11) is 1.82. The normalized spacial score (nSPS) is 12.4. The van der Waals surface area contributed by atoms with Gasteiger partial charge in [0.2, 0.25) is 5.91 Å². The van der Waals surface area contributed by atoms with Crippen molar-refractivity contribution in [1.82, 2.24) is 0 Å². The summed E-state index contributed by atoms with van der Waals surface area (Å²) in [6.45, 7) is 5.53. The smallest absolute Gasteiger partial charge is 0.241 e. The van der Waals surface area contributed by atoms with Gasteiger partial charge in [0.15, 0.2) is 0 Å². The van der Waals surface area contributed by atoms with Gasteiger partial charge in [-0.25, -0.2) is 4.39 Å². The van der Waals surface area contributed by atoms with Gasteiger partial charge in [-0.1, -0.05) is 0 Å². The Morgan fingerprint density at radius 3 is 2.44 bits per heavy atom. The van der Waals surface area contributed by atoms with E-state index in [1.165, 1.54) is 6.07 Å². The molecule has 0 aliphatic rings. The highest BCUT2D eigenvalue weighted by atomic mass is 19.1. The molecule has 0 saturated carbocycles. The van der Waals surface area contributed by atoms with Gasteiger partial charge in [0.05, 0.1) is 11.7 Å². The van der Waals surface area contributed by atoms with Gasteiger partial charge in [0, 0.05) is 18.8 Å². The quantitative estimate of drug-likeness (QED) is 0.862. The summed E-state index contributed by atoms with van der Waals surface area (Å²) in [5.74, 6) is -0.701. The highest BCUT2D eigenvalue weighted by Crippen LogP contribution is 2.23. The average molecular weight is 253 g/mol. The number of nitrogens with zero attached hydrogens (tertiary/aromatic N) is 1. The molecule has 1 aromatic carbocycles. The molecular formula is C13H20FN3O. The maximum atomic E-state index is 13.9. The van der Waals surface area contributed by atoms with Crippen molar-refractivity contribution in [3.63, 3.8) is 0 Å². The van der Waals surface area contributed by atoms with Crippen molar-refractivity contribution in [2.45, 2.75) is 32.9 Å². The highest BCUT2D eigenvalue weighted by Gasteiger charge is 2.13. The van der Waals surface area contributed by atoms with Crippen LogP contribution in [-0.4, -0.2) is 25.0 Å². The average Bonchev–Trinajstić information content (AvgIpc) is 2.28. The summed E-state index contributed by atoms with van der Waals surface area (Å²) in [6.07, 6.45) is 0. The number of nitrogens with two attached hydrogens (primary N) is 1. The summed E-state index contributed by atoms with van der Waals surface area (Å²) in [5, 5.41) is 2.56. The van der Waals surface area contributed by atoms with Crippen LogP contribution in [0.2, 0.25) is 0 Å². The summed E-state index contributed by atoms with van der Waals surface area (Å²) < 4.78 is 13.9. The molecule has 4 nitrogen and oxygen atoms in total. The van der Waals surface area contributed by atoms with Crippen molar-refractivity contribution in [2.75, 3.05) is 17.3 Å². The molecule has 100 valence electrons. The molecular weight excluding hydrogens is 233 g/mol. The first kappa shape index (κ1) is 14.4. The van der Waals surface area contributed by atoms with E-state index in [1.54, 1.807) is 19.1 Å². The van der Waals surface area contributed by atoms with Crippen LogP contribution in [0.4, 0.5) is 15.8 Å². The van der Waals surface area contributed by atoms with Crippen molar-refractivity contribution in [2.24, 2.45) is 5.73 Å². The van der Waals surface area contributed by atoms with Gasteiger partial charge in [-0.15, -0.1) is 0 Å². The molecule has 18 heavy (non-hydrogen) atoms. The number of halogens is 1. The number of hydrogen-bond acceptors (Lipinski definition) is 3. The number of anilines is 2. The second kappa shape index (κ2) is 5.82. The van der Waals surface area contributed by atoms with E-state index in [0.29, 0.717) is 11.4 Å². The van der Waals surface area contributed by atoms with Crippen molar-refractivity contribution < 1.29 is 9.18 Å². The molecule has 0 saturated heterocycles. The molecule has 0 bridgehead atoms. The van der Waals surface area contributed by atoms with Crippen LogP contribution in [0.1, 0.15) is 20.8 Å². The number of hydrogen-bond donors (Lipinski definition) is 2. The zero-order valence-corrected chi connectivity index (χ0v) is 11.2. The van der Waals surface area contributed by atoms with E-state index in [9.17, 15) is 9.18 Å². The predicted molar refractivity (Wildman–Crippen MR) is 72.2 cm³/mol. The van der Waals surface area contributed by atoms with E-state index in [-0.39, 0.29) is 17.8 Å². The third-order valence-corrected chi connectivity index (χ3v) is 2.78. The molecule has 0 fully saturated rings. The number of nitrogens with one attached hydrogen (secondary N) is 1. The predicted octanol–water partition coefficient (Wildman–Crippen LogP) is 1.96. The Balaban J connectivity index is 2.89. The first-order chi connectivity index (χ1) is 8.32. The van der Waals surface area contributed by atoms with E-state index in [0.717, 1.165) is 0 Å². The fourth-order valence-electron chi connectivity index (χ4n) is 1.40. The molecule has 1 amide bonds. The second-order valence-corrected chi connectivity index (χ2v) is 4.65. The molecule has 0 heterocycles. The van der Waals surface area contributed by atoms with Crippen LogP contribution in [0.15, 0.2) is 18.2 Å². The van der Waals surface area contributed by atoms with Gasteiger partial charge in [0.25, 0.3) is 0 Å². The monoisotopic (exact) mass is 253 g/mol. The van der Waals surface area contributed by atoms with Gasteiger partial charge in [-0.3, -0.25) is 4.79 Å². The van der Waals surface area contributed by atoms with E-state index < -0.39 is 6.04 Å². The minimum Gasteiger partial charge on any atom is -0.370 e. The van der Waals surface area contributed by atoms with Crippen LogP contribution in [-0.2, 0) is 4.79 Å². The van der Waals surface area contributed by atoms with E-state index in [2.05, 4.69) is 5.32 Å². The van der Waals surface area contributed by atoms with E-state index in [4.69, 9.17) is 5.73 Å². The van der Waals surface area contributed by atoms with Crippen molar-refractivity contribution in [3.05, 3.63) is 24.0 Å². The fraction of sp³-hybridized carbons (Fsp3) is 0.462. The Bertz CT molecular complexity index is 432. The number of carbonyl (C=O) groups is 1. The molecule has 5 heteroatoms. The first-order valence-corrected chi connectivity index (χ1v) is 5.91. The van der Waals surface area contributed by atoms with Gasteiger partial charge < -0.3 is 16.0 Å². The molecule has 0 aromatic heterocycles. The lowest BCUT2D eigenvalue weighted by molar-refractivity contribution is -0.117. The van der Waals surface area contributed by atoms with Crippen molar-refractivity contribution in [3.8, 4) is 0 Å². The molecule has 1 atom stereocenters. The molecule has 0 spiro atoms. The zero-order valence-electron chi connectivity index (χ0n) is 11.2. The van der Waals surface area contributed by atoms with Gasteiger partial charge in [-0.2, -0.15) is 0 Å². The van der Waals surface area contributed by atoms with E-state index in [1.807, 2.05) is 25.8 Å². The summed E-state index contributed by atoms with van der Waals surface area (Å²) in [4.78, 5) is 13.2. The molecule has 1 aromatic rings. The van der Waals surface area contributed by atoms with Crippen LogP contribution in [0.25, 0.3) is 0 Å². The van der Waals surface area contributed by atoms with Gasteiger partial charge >= 0.3 is 0 Å². The zero-order chi connectivity index (χ0) is 13.9. The summed E-state index contributed by atoms with van der Waals surface area (Å²) in [5.41, 5.74) is 6.34. The van der Waals surface area contributed by atoms with Gasteiger partial charge in [0.1, 0.15) is 5.82 Å². The molecule has 0 radical (unpaired) electrons. The fourth-order valence-corrected chi connectivity index (χ4v) is 1.40. The lowest BCUT2D eigenvalue weighted by Crippen LogP contribution is -2.32. The van der Waals surface area contributed by atoms with Crippen LogP contribution in [0, 0.1) is 5.82 Å². The molecule has 0 aliphatic carbocycles. The molecule has 0 aliphatic heterocycles. The summed E-state index contributed by atoms with van der Waals surface area (Å²) >= 11 is 0. The lowest BCUT2D eigenvalue weighted by atomic mass is 10.2. The Labute approximate surface area is 107 Å². The Hall–Kier alpha value is -1.62. The Morgan fingerprint density at radius 1 is 1.39 bits per heavy atom. The third-order valence-electron chi connectivity index (χ3n) is 2.78. The topological polar surface area (TPSA) is 58.4 Å². The SMILES string of the molecule is CC(C)N(C)c1ccc(NC(=O)[C@H](C)N)cc1F. The number of amides is 1. The first-order valence-electron chi connectivity index (χ1n) is 5.91. The van der Waals surface area contributed by atoms with Crippen LogP contribution >= 0.6 is 0 Å².